The highest BCUT2D eigenvalue weighted by atomic mass is 32.2. The number of rotatable bonds is 5. The molecule has 0 aliphatic rings. The number of sulfone groups is 1. The second-order valence-electron chi connectivity index (χ2n) is 3.50. The molecule has 0 bridgehead atoms. The van der Waals surface area contributed by atoms with Crippen LogP contribution in [0.5, 0.6) is 0 Å². The van der Waals surface area contributed by atoms with Crippen molar-refractivity contribution in [3.8, 4) is 0 Å². The van der Waals surface area contributed by atoms with Crippen LogP contribution in [0, 0.1) is 0 Å². The Hall–Kier alpha value is -0.950. The third-order valence-electron chi connectivity index (χ3n) is 2.12. The zero-order valence-electron chi connectivity index (χ0n) is 8.92. The van der Waals surface area contributed by atoms with Crippen LogP contribution in [0.1, 0.15) is 25.2 Å². The van der Waals surface area contributed by atoms with E-state index in [1.807, 2.05) is 11.5 Å². The Morgan fingerprint density at radius 2 is 2.27 bits per heavy atom. The summed E-state index contributed by atoms with van der Waals surface area (Å²) in [6, 6.07) is -0.373. The van der Waals surface area contributed by atoms with Crippen molar-refractivity contribution in [1.82, 2.24) is 14.8 Å². The van der Waals surface area contributed by atoms with Gasteiger partial charge in [0.25, 0.3) is 0 Å². The molecule has 7 heteroatoms. The molecule has 1 heterocycles. The van der Waals surface area contributed by atoms with Crippen molar-refractivity contribution in [2.24, 2.45) is 5.73 Å². The maximum absolute atomic E-state index is 11.0. The smallest absolute Gasteiger partial charge is 0.149 e. The lowest BCUT2D eigenvalue weighted by molar-refractivity contribution is 0.569. The van der Waals surface area contributed by atoms with E-state index in [-0.39, 0.29) is 11.8 Å². The zero-order chi connectivity index (χ0) is 11.5. The van der Waals surface area contributed by atoms with Gasteiger partial charge in [0.1, 0.15) is 22.0 Å². The highest BCUT2D eigenvalue weighted by Crippen LogP contribution is 2.11. The van der Waals surface area contributed by atoms with Gasteiger partial charge in [-0.3, -0.25) is 0 Å². The lowest BCUT2D eigenvalue weighted by atomic mass is 10.2. The Labute approximate surface area is 89.4 Å². The van der Waals surface area contributed by atoms with E-state index in [2.05, 4.69) is 10.2 Å². The maximum Gasteiger partial charge on any atom is 0.149 e. The predicted molar refractivity (Wildman–Crippen MR) is 57.0 cm³/mol. The highest BCUT2D eigenvalue weighted by molar-refractivity contribution is 7.90. The topological polar surface area (TPSA) is 90.9 Å². The molecule has 86 valence electrons. The quantitative estimate of drug-likeness (QED) is 0.754. The minimum absolute atomic E-state index is 0.0741. The molecule has 2 N–H and O–H groups in total. The molecule has 6 nitrogen and oxygen atoms in total. The molecule has 0 saturated carbocycles. The molecule has 0 aromatic carbocycles. The molecule has 0 amide bonds. The molecule has 1 aromatic rings. The monoisotopic (exact) mass is 232 g/mol. The second-order valence-corrected chi connectivity index (χ2v) is 5.76. The third-order valence-corrected chi connectivity index (χ3v) is 3.09. The summed E-state index contributed by atoms with van der Waals surface area (Å²) in [6.07, 6.45) is 3.16. The van der Waals surface area contributed by atoms with Gasteiger partial charge in [0.15, 0.2) is 0 Å². The van der Waals surface area contributed by atoms with Gasteiger partial charge in [-0.25, -0.2) is 8.42 Å². The first-order chi connectivity index (χ1) is 6.94. The molecular weight excluding hydrogens is 216 g/mol. The lowest BCUT2D eigenvalue weighted by Gasteiger charge is -2.10. The van der Waals surface area contributed by atoms with Crippen molar-refractivity contribution in [3.05, 3.63) is 12.2 Å². The van der Waals surface area contributed by atoms with E-state index in [4.69, 9.17) is 5.73 Å². The summed E-state index contributed by atoms with van der Waals surface area (Å²) in [5.74, 6) is 0.714. The summed E-state index contributed by atoms with van der Waals surface area (Å²) in [7, 11) is -2.97. The molecule has 0 aliphatic carbocycles. The SMILES string of the molecule is CCn1cnnc1C(N)CCS(C)(=O)=O. The van der Waals surface area contributed by atoms with Gasteiger partial charge < -0.3 is 10.3 Å². The van der Waals surface area contributed by atoms with Crippen LogP contribution in [0.2, 0.25) is 0 Å². The van der Waals surface area contributed by atoms with Crippen LogP contribution in [-0.4, -0.2) is 35.2 Å². The van der Waals surface area contributed by atoms with E-state index in [9.17, 15) is 8.42 Å². The van der Waals surface area contributed by atoms with Crippen LogP contribution in [0.15, 0.2) is 6.33 Å². The van der Waals surface area contributed by atoms with Crippen molar-refractivity contribution in [1.29, 1.82) is 0 Å². The third kappa shape index (κ3) is 3.60. The molecule has 1 aromatic heterocycles. The van der Waals surface area contributed by atoms with Crippen LogP contribution in [0.25, 0.3) is 0 Å². The van der Waals surface area contributed by atoms with Crippen LogP contribution in [0.3, 0.4) is 0 Å². The van der Waals surface area contributed by atoms with Crippen molar-refractivity contribution in [2.45, 2.75) is 25.9 Å². The molecule has 0 saturated heterocycles. The van der Waals surface area contributed by atoms with Gasteiger partial charge in [0.05, 0.1) is 11.8 Å². The van der Waals surface area contributed by atoms with E-state index in [1.54, 1.807) is 6.33 Å². The average Bonchev–Trinajstić information content (AvgIpc) is 2.60. The fourth-order valence-corrected chi connectivity index (χ4v) is 1.95. The Balaban J connectivity index is 2.65. The van der Waals surface area contributed by atoms with Gasteiger partial charge in [0.2, 0.25) is 0 Å². The molecule has 1 atom stereocenters. The lowest BCUT2D eigenvalue weighted by Crippen LogP contribution is -2.19. The maximum atomic E-state index is 11.0. The minimum atomic E-state index is -2.97. The molecule has 0 fully saturated rings. The Morgan fingerprint density at radius 1 is 1.60 bits per heavy atom. The first-order valence-electron chi connectivity index (χ1n) is 4.75. The molecule has 1 rings (SSSR count). The first-order valence-corrected chi connectivity index (χ1v) is 6.81. The van der Waals surface area contributed by atoms with Gasteiger partial charge in [-0.05, 0) is 13.3 Å². The molecule has 0 aliphatic heterocycles. The fraction of sp³-hybridized carbons (Fsp3) is 0.750. The van der Waals surface area contributed by atoms with Gasteiger partial charge in [0, 0.05) is 12.8 Å². The van der Waals surface area contributed by atoms with E-state index >= 15 is 0 Å². The van der Waals surface area contributed by atoms with Crippen LogP contribution >= 0.6 is 0 Å². The summed E-state index contributed by atoms with van der Waals surface area (Å²) >= 11 is 0. The highest BCUT2D eigenvalue weighted by Gasteiger charge is 2.15. The van der Waals surface area contributed by atoms with E-state index in [0.717, 1.165) is 6.54 Å². The molecule has 1 unspecified atom stereocenters. The van der Waals surface area contributed by atoms with E-state index < -0.39 is 9.84 Å². The molecule has 0 spiro atoms. The number of aryl methyl sites for hydroxylation is 1. The number of hydrogen-bond donors (Lipinski definition) is 1. The summed E-state index contributed by atoms with van der Waals surface area (Å²) in [4.78, 5) is 0. The van der Waals surface area contributed by atoms with Crippen LogP contribution < -0.4 is 5.73 Å². The van der Waals surface area contributed by atoms with Gasteiger partial charge >= 0.3 is 0 Å². The molecule has 0 radical (unpaired) electrons. The van der Waals surface area contributed by atoms with Crippen molar-refractivity contribution < 1.29 is 8.42 Å². The van der Waals surface area contributed by atoms with Gasteiger partial charge in [-0.2, -0.15) is 0 Å². The minimum Gasteiger partial charge on any atom is -0.321 e. The number of nitrogens with zero attached hydrogens (tertiary/aromatic N) is 3. The average molecular weight is 232 g/mol. The summed E-state index contributed by atoms with van der Waals surface area (Å²) in [6.45, 7) is 2.69. The van der Waals surface area contributed by atoms with Crippen molar-refractivity contribution in [3.63, 3.8) is 0 Å². The molecular formula is C8H16N4O2S. The largest absolute Gasteiger partial charge is 0.321 e. The predicted octanol–water partition coefficient (Wildman–Crippen LogP) is -0.267. The van der Waals surface area contributed by atoms with Crippen molar-refractivity contribution >= 4 is 9.84 Å². The van der Waals surface area contributed by atoms with Gasteiger partial charge in [-0.1, -0.05) is 0 Å². The number of aromatic nitrogens is 3. The Morgan fingerprint density at radius 3 is 2.80 bits per heavy atom. The standard InChI is InChI=1S/C8H16N4O2S/c1-3-12-6-10-11-8(12)7(9)4-5-15(2,13)14/h6-7H,3-5,9H2,1-2H3. The van der Waals surface area contributed by atoms with Crippen LogP contribution in [0.4, 0.5) is 0 Å². The normalized spacial score (nSPS) is 14.1. The number of nitrogens with two attached hydrogens (primary N) is 1. The first kappa shape index (κ1) is 12.1. The number of hydrogen-bond acceptors (Lipinski definition) is 5. The van der Waals surface area contributed by atoms with Crippen molar-refractivity contribution in [2.75, 3.05) is 12.0 Å². The second kappa shape index (κ2) is 4.71. The van der Waals surface area contributed by atoms with Crippen LogP contribution in [-0.2, 0) is 16.4 Å². The van der Waals surface area contributed by atoms with E-state index in [0.29, 0.717) is 12.2 Å². The Kier molecular flexibility index (Phi) is 3.81. The van der Waals surface area contributed by atoms with Gasteiger partial charge in [-0.15, -0.1) is 10.2 Å². The summed E-state index contributed by atoms with van der Waals surface area (Å²) < 4.78 is 23.7. The molecule has 15 heavy (non-hydrogen) atoms. The fourth-order valence-electron chi connectivity index (χ4n) is 1.26. The summed E-state index contributed by atoms with van der Waals surface area (Å²) in [5, 5.41) is 7.62. The summed E-state index contributed by atoms with van der Waals surface area (Å²) in [5.41, 5.74) is 5.84. The van der Waals surface area contributed by atoms with E-state index in [1.165, 1.54) is 6.26 Å². The zero-order valence-corrected chi connectivity index (χ0v) is 9.74. The Bertz CT molecular complexity index is 412.